The molecule has 2 aromatic carbocycles. The molecule has 1 atom stereocenters. The van der Waals surface area contributed by atoms with Gasteiger partial charge in [-0.05, 0) is 61.9 Å². The molecule has 3 aliphatic rings. The van der Waals surface area contributed by atoms with Crippen LogP contribution in [0, 0.1) is 0 Å². The van der Waals surface area contributed by atoms with Crippen LogP contribution in [-0.4, -0.2) is 53.2 Å². The summed E-state index contributed by atoms with van der Waals surface area (Å²) in [6, 6.07) is 14.5. The van der Waals surface area contributed by atoms with Crippen molar-refractivity contribution in [1.29, 1.82) is 0 Å². The molecule has 0 N–H and O–H groups in total. The third kappa shape index (κ3) is 3.60. The smallest absolute Gasteiger partial charge is 0.256 e. The van der Waals surface area contributed by atoms with Crippen molar-refractivity contribution in [3.8, 4) is 0 Å². The number of nitrogens with zero attached hydrogens (tertiary/aromatic N) is 3. The summed E-state index contributed by atoms with van der Waals surface area (Å²) in [5.41, 5.74) is 2.78. The van der Waals surface area contributed by atoms with E-state index in [1.54, 1.807) is 15.9 Å². The highest BCUT2D eigenvalue weighted by molar-refractivity contribution is 6.11. The number of anilines is 1. The standard InChI is InChI=1S/C25H27N3O3/c29-23(26-13-4-1-5-14-26)19-9-6-8-18(16-19)17-28-21-11-3-2-10-20(21)24(30)27-15-7-12-22(27)25(28)31/h2-3,6,8-11,16,22H,1,4-5,7,12-15,17H2/t22-/m0/s1. The molecule has 3 amide bonds. The lowest BCUT2D eigenvalue weighted by molar-refractivity contribution is -0.122. The van der Waals surface area contributed by atoms with E-state index in [0.717, 1.165) is 37.9 Å². The second-order valence-corrected chi connectivity index (χ2v) is 8.65. The van der Waals surface area contributed by atoms with Crippen LogP contribution in [0.4, 0.5) is 5.69 Å². The Morgan fingerprint density at radius 2 is 1.71 bits per heavy atom. The summed E-state index contributed by atoms with van der Waals surface area (Å²) in [5, 5.41) is 0. The summed E-state index contributed by atoms with van der Waals surface area (Å²) in [7, 11) is 0. The molecule has 3 aliphatic heterocycles. The quantitative estimate of drug-likeness (QED) is 0.768. The van der Waals surface area contributed by atoms with Crippen molar-refractivity contribution in [2.24, 2.45) is 0 Å². The Hall–Kier alpha value is -3.15. The monoisotopic (exact) mass is 417 g/mol. The van der Waals surface area contributed by atoms with Gasteiger partial charge in [0.25, 0.3) is 11.8 Å². The molecule has 31 heavy (non-hydrogen) atoms. The van der Waals surface area contributed by atoms with Crippen LogP contribution in [0.25, 0.3) is 0 Å². The normalized spacial score (nSPS) is 21.0. The Labute approximate surface area is 182 Å². The summed E-state index contributed by atoms with van der Waals surface area (Å²) in [6.45, 7) is 2.58. The number of para-hydroxylation sites is 1. The van der Waals surface area contributed by atoms with Crippen molar-refractivity contribution < 1.29 is 14.4 Å². The van der Waals surface area contributed by atoms with Crippen LogP contribution >= 0.6 is 0 Å². The number of amides is 3. The number of carbonyl (C=O) groups is 3. The van der Waals surface area contributed by atoms with Crippen molar-refractivity contribution in [3.63, 3.8) is 0 Å². The van der Waals surface area contributed by atoms with E-state index >= 15 is 0 Å². The Morgan fingerprint density at radius 1 is 0.903 bits per heavy atom. The predicted molar refractivity (Wildman–Crippen MR) is 118 cm³/mol. The second kappa shape index (κ2) is 8.17. The van der Waals surface area contributed by atoms with Crippen molar-refractivity contribution in [2.75, 3.05) is 24.5 Å². The fourth-order valence-corrected chi connectivity index (χ4v) is 5.04. The van der Waals surface area contributed by atoms with Gasteiger partial charge in [-0.25, -0.2) is 0 Å². The topological polar surface area (TPSA) is 60.9 Å². The fourth-order valence-electron chi connectivity index (χ4n) is 5.04. The first-order chi connectivity index (χ1) is 15.1. The van der Waals surface area contributed by atoms with Crippen molar-refractivity contribution in [1.82, 2.24) is 9.80 Å². The number of fused-ring (bicyclic) bond motifs is 2. The SMILES string of the molecule is O=C(c1cccc(CN2C(=O)[C@@H]3CCCN3C(=O)c3ccccc32)c1)N1CCCCC1. The van der Waals surface area contributed by atoms with Crippen LogP contribution in [0.5, 0.6) is 0 Å². The lowest BCUT2D eigenvalue weighted by atomic mass is 10.1. The molecule has 3 heterocycles. The maximum atomic E-state index is 13.5. The Kier molecular flexibility index (Phi) is 5.22. The first-order valence-electron chi connectivity index (χ1n) is 11.2. The lowest BCUT2D eigenvalue weighted by Crippen LogP contribution is -2.44. The maximum absolute atomic E-state index is 13.5. The van der Waals surface area contributed by atoms with E-state index < -0.39 is 6.04 Å². The highest BCUT2D eigenvalue weighted by Gasteiger charge is 2.41. The molecule has 6 nitrogen and oxygen atoms in total. The lowest BCUT2D eigenvalue weighted by Gasteiger charge is -2.28. The minimum Gasteiger partial charge on any atom is -0.339 e. The molecule has 0 aliphatic carbocycles. The third-order valence-corrected chi connectivity index (χ3v) is 6.65. The van der Waals surface area contributed by atoms with E-state index in [1.165, 1.54) is 6.42 Å². The van der Waals surface area contributed by atoms with Crippen LogP contribution in [0.3, 0.4) is 0 Å². The summed E-state index contributed by atoms with van der Waals surface area (Å²) < 4.78 is 0. The third-order valence-electron chi connectivity index (χ3n) is 6.65. The van der Waals surface area contributed by atoms with Gasteiger partial charge >= 0.3 is 0 Å². The van der Waals surface area contributed by atoms with Gasteiger partial charge in [-0.15, -0.1) is 0 Å². The zero-order chi connectivity index (χ0) is 21.4. The maximum Gasteiger partial charge on any atom is 0.256 e. The highest BCUT2D eigenvalue weighted by atomic mass is 16.2. The van der Waals surface area contributed by atoms with Crippen LogP contribution in [0.1, 0.15) is 58.4 Å². The fraction of sp³-hybridized carbons (Fsp3) is 0.400. The number of benzene rings is 2. The van der Waals surface area contributed by atoms with Gasteiger partial charge in [-0.2, -0.15) is 0 Å². The average Bonchev–Trinajstić information content (AvgIpc) is 3.29. The zero-order valence-electron chi connectivity index (χ0n) is 17.6. The van der Waals surface area contributed by atoms with Crippen LogP contribution in [0.2, 0.25) is 0 Å². The number of likely N-dealkylation sites (tertiary alicyclic amines) is 1. The van der Waals surface area contributed by atoms with Crippen molar-refractivity contribution in [2.45, 2.75) is 44.7 Å². The Balaban J connectivity index is 1.46. The van der Waals surface area contributed by atoms with Gasteiger partial charge < -0.3 is 14.7 Å². The zero-order valence-corrected chi connectivity index (χ0v) is 17.6. The largest absolute Gasteiger partial charge is 0.339 e. The number of hydrogen-bond acceptors (Lipinski definition) is 3. The molecule has 0 aromatic heterocycles. The first-order valence-corrected chi connectivity index (χ1v) is 11.2. The molecule has 5 rings (SSSR count). The molecule has 2 saturated heterocycles. The van der Waals surface area contributed by atoms with Crippen LogP contribution in [0.15, 0.2) is 48.5 Å². The van der Waals surface area contributed by atoms with Gasteiger partial charge in [0, 0.05) is 25.2 Å². The van der Waals surface area contributed by atoms with Gasteiger partial charge in [0.1, 0.15) is 6.04 Å². The molecule has 6 heteroatoms. The van der Waals surface area contributed by atoms with E-state index in [4.69, 9.17) is 0 Å². The summed E-state index contributed by atoms with van der Waals surface area (Å²) >= 11 is 0. The Morgan fingerprint density at radius 3 is 2.55 bits per heavy atom. The molecule has 2 aromatic rings. The molecule has 0 radical (unpaired) electrons. The van der Waals surface area contributed by atoms with E-state index in [2.05, 4.69) is 0 Å². The summed E-state index contributed by atoms with van der Waals surface area (Å²) in [6.07, 6.45) is 4.82. The van der Waals surface area contributed by atoms with E-state index in [9.17, 15) is 14.4 Å². The van der Waals surface area contributed by atoms with E-state index in [0.29, 0.717) is 36.3 Å². The van der Waals surface area contributed by atoms with Gasteiger partial charge in [0.05, 0.1) is 17.8 Å². The Bertz CT molecular complexity index is 1030. The van der Waals surface area contributed by atoms with Gasteiger partial charge in [0.2, 0.25) is 5.91 Å². The molecule has 0 saturated carbocycles. The minimum absolute atomic E-state index is 0.0384. The molecule has 160 valence electrons. The second-order valence-electron chi connectivity index (χ2n) is 8.65. The van der Waals surface area contributed by atoms with E-state index in [1.807, 2.05) is 47.4 Å². The minimum atomic E-state index is -0.405. The van der Waals surface area contributed by atoms with Gasteiger partial charge in [-0.3, -0.25) is 14.4 Å². The van der Waals surface area contributed by atoms with E-state index in [-0.39, 0.29) is 17.7 Å². The van der Waals surface area contributed by atoms with Gasteiger partial charge in [0.15, 0.2) is 0 Å². The summed E-state index contributed by atoms with van der Waals surface area (Å²) in [5.74, 6) is -0.0483. The number of hydrogen-bond donors (Lipinski definition) is 0. The van der Waals surface area contributed by atoms with Crippen LogP contribution in [-0.2, 0) is 11.3 Å². The molecular weight excluding hydrogens is 390 g/mol. The average molecular weight is 418 g/mol. The van der Waals surface area contributed by atoms with Crippen molar-refractivity contribution >= 4 is 23.4 Å². The van der Waals surface area contributed by atoms with Crippen LogP contribution < -0.4 is 4.90 Å². The predicted octanol–water partition coefficient (Wildman–Crippen LogP) is 3.46. The highest BCUT2D eigenvalue weighted by Crippen LogP contribution is 2.33. The van der Waals surface area contributed by atoms with Crippen molar-refractivity contribution in [3.05, 3.63) is 65.2 Å². The number of rotatable bonds is 3. The molecule has 0 spiro atoms. The number of piperidine rings is 1. The number of carbonyl (C=O) groups excluding carboxylic acids is 3. The molecular formula is C25H27N3O3. The molecule has 2 fully saturated rings. The summed E-state index contributed by atoms with van der Waals surface area (Å²) in [4.78, 5) is 44.9. The molecule has 0 unspecified atom stereocenters. The molecule has 0 bridgehead atoms. The van der Waals surface area contributed by atoms with Gasteiger partial charge in [-0.1, -0.05) is 24.3 Å². The first kappa shape index (κ1) is 19.8.